The van der Waals surface area contributed by atoms with Crippen LogP contribution in [-0.4, -0.2) is 26.1 Å². The zero-order valence-electron chi connectivity index (χ0n) is 12.9. The van der Waals surface area contributed by atoms with E-state index >= 15 is 0 Å². The Morgan fingerprint density at radius 1 is 1.42 bits per heavy atom. The largest absolute Gasteiger partial charge is 0.329 e. The number of hydrogen-bond acceptors (Lipinski definition) is 6. The first-order valence-corrected chi connectivity index (χ1v) is 9.09. The molecule has 0 saturated carbocycles. The maximum atomic E-state index is 12.4. The minimum atomic E-state index is -0.833. The van der Waals surface area contributed by atoms with Crippen molar-refractivity contribution in [3.05, 3.63) is 53.1 Å². The van der Waals surface area contributed by atoms with Crippen LogP contribution in [0.2, 0.25) is 0 Å². The quantitative estimate of drug-likeness (QED) is 0.634. The summed E-state index contributed by atoms with van der Waals surface area (Å²) in [6.45, 7) is 0. The predicted octanol–water partition coefficient (Wildman–Crippen LogP) is 3.51. The van der Waals surface area contributed by atoms with Crippen LogP contribution in [0.5, 0.6) is 0 Å². The fraction of sp³-hybridized carbons (Fsp3) is 0.176. The monoisotopic (exact) mass is 354 g/mol. The van der Waals surface area contributed by atoms with E-state index in [0.29, 0.717) is 5.01 Å². The van der Waals surface area contributed by atoms with Gasteiger partial charge in [0.1, 0.15) is 5.01 Å². The van der Waals surface area contributed by atoms with Crippen molar-refractivity contribution in [1.29, 1.82) is 5.26 Å². The van der Waals surface area contributed by atoms with Crippen LogP contribution in [0.1, 0.15) is 10.9 Å². The Morgan fingerprint density at radius 2 is 2.21 bits per heavy atom. The second kappa shape index (κ2) is 7.43. The van der Waals surface area contributed by atoms with Crippen molar-refractivity contribution in [1.82, 2.24) is 14.5 Å². The molecule has 2 aromatic heterocycles. The summed E-state index contributed by atoms with van der Waals surface area (Å²) in [6.07, 6.45) is 3.50. The van der Waals surface area contributed by atoms with E-state index in [2.05, 4.69) is 16.0 Å². The highest BCUT2D eigenvalue weighted by Crippen LogP contribution is 2.28. The molecule has 0 aliphatic carbocycles. The second-order valence-electron chi connectivity index (χ2n) is 5.07. The van der Waals surface area contributed by atoms with Gasteiger partial charge in [0, 0.05) is 30.4 Å². The van der Waals surface area contributed by atoms with Gasteiger partial charge in [-0.25, -0.2) is 9.97 Å². The van der Waals surface area contributed by atoms with E-state index in [4.69, 9.17) is 0 Å². The number of thiazole rings is 1. The van der Waals surface area contributed by atoms with Gasteiger partial charge in [0.2, 0.25) is 0 Å². The Hall–Kier alpha value is -2.43. The van der Waals surface area contributed by atoms with Gasteiger partial charge in [-0.3, -0.25) is 4.79 Å². The predicted molar refractivity (Wildman–Crippen MR) is 94.8 cm³/mol. The Balaban J connectivity index is 1.72. The molecule has 0 amide bonds. The lowest BCUT2D eigenvalue weighted by Gasteiger charge is -2.05. The van der Waals surface area contributed by atoms with Crippen LogP contribution < -0.4 is 0 Å². The molecule has 2 heterocycles. The molecular weight excluding hydrogens is 340 g/mol. The van der Waals surface area contributed by atoms with Gasteiger partial charge in [0.15, 0.2) is 16.9 Å². The molecule has 1 aromatic carbocycles. The number of Topliss-reactive ketones (excluding diaryl/α,β-unsaturated/α-hetero) is 1. The highest BCUT2D eigenvalue weighted by molar-refractivity contribution is 7.99. The molecule has 120 valence electrons. The highest BCUT2D eigenvalue weighted by atomic mass is 32.2. The number of aryl methyl sites for hydroxylation is 1. The van der Waals surface area contributed by atoms with Crippen molar-refractivity contribution in [2.75, 3.05) is 5.75 Å². The minimum absolute atomic E-state index is 0.153. The third kappa shape index (κ3) is 3.55. The third-order valence-corrected chi connectivity index (χ3v) is 5.40. The van der Waals surface area contributed by atoms with Crippen LogP contribution in [0.15, 0.2) is 53.3 Å². The first-order valence-electron chi connectivity index (χ1n) is 7.22. The number of ketones is 1. The SMILES string of the molecule is Cn1ccnc1SCC(=O)[C@@H](C#N)c1nc(-c2ccccc2)cs1. The third-order valence-electron chi connectivity index (χ3n) is 3.41. The zero-order chi connectivity index (χ0) is 16.9. The van der Waals surface area contributed by atoms with Crippen molar-refractivity contribution < 1.29 is 4.79 Å². The summed E-state index contributed by atoms with van der Waals surface area (Å²) in [4.78, 5) is 21.1. The van der Waals surface area contributed by atoms with E-state index in [1.165, 1.54) is 23.1 Å². The number of hydrogen-bond donors (Lipinski definition) is 0. The summed E-state index contributed by atoms with van der Waals surface area (Å²) < 4.78 is 1.84. The van der Waals surface area contributed by atoms with Gasteiger partial charge in [-0.15, -0.1) is 11.3 Å². The van der Waals surface area contributed by atoms with E-state index in [9.17, 15) is 10.1 Å². The Morgan fingerprint density at radius 3 is 2.88 bits per heavy atom. The Labute approximate surface area is 148 Å². The van der Waals surface area contributed by atoms with Gasteiger partial charge in [0.05, 0.1) is 17.5 Å². The van der Waals surface area contributed by atoms with Gasteiger partial charge in [0.25, 0.3) is 0 Å². The number of rotatable bonds is 6. The number of nitrogens with zero attached hydrogens (tertiary/aromatic N) is 4. The summed E-state index contributed by atoms with van der Waals surface area (Å²) in [5.74, 6) is -0.789. The number of carbonyl (C=O) groups excluding carboxylic acids is 1. The molecule has 24 heavy (non-hydrogen) atoms. The number of imidazole rings is 1. The fourth-order valence-electron chi connectivity index (χ4n) is 2.14. The molecule has 0 fully saturated rings. The summed E-state index contributed by atoms with van der Waals surface area (Å²) >= 11 is 2.68. The van der Waals surface area contributed by atoms with E-state index in [0.717, 1.165) is 16.4 Å². The molecule has 0 aliphatic heterocycles. The number of carbonyl (C=O) groups is 1. The molecular formula is C17H14N4OS2. The highest BCUT2D eigenvalue weighted by Gasteiger charge is 2.24. The van der Waals surface area contributed by atoms with Crippen LogP contribution >= 0.6 is 23.1 Å². The molecule has 0 aliphatic rings. The van der Waals surface area contributed by atoms with Crippen molar-refractivity contribution in [2.24, 2.45) is 7.05 Å². The second-order valence-corrected chi connectivity index (χ2v) is 6.91. The van der Waals surface area contributed by atoms with Crippen LogP contribution in [-0.2, 0) is 11.8 Å². The van der Waals surface area contributed by atoms with E-state index in [-0.39, 0.29) is 11.5 Å². The lowest BCUT2D eigenvalue weighted by Crippen LogP contribution is -2.13. The van der Waals surface area contributed by atoms with Gasteiger partial charge >= 0.3 is 0 Å². The summed E-state index contributed by atoms with van der Waals surface area (Å²) in [5.41, 5.74) is 1.77. The number of thioether (sulfide) groups is 1. The first-order chi connectivity index (χ1) is 11.7. The van der Waals surface area contributed by atoms with E-state index in [1.807, 2.05) is 53.5 Å². The molecule has 0 N–H and O–H groups in total. The normalized spacial score (nSPS) is 11.8. The average Bonchev–Trinajstić information content (AvgIpc) is 3.24. The number of benzene rings is 1. The number of nitriles is 1. The topological polar surface area (TPSA) is 71.6 Å². The summed E-state index contributed by atoms with van der Waals surface area (Å²) in [7, 11) is 1.87. The minimum Gasteiger partial charge on any atom is -0.329 e. The maximum Gasteiger partial charge on any atom is 0.168 e. The van der Waals surface area contributed by atoms with Crippen molar-refractivity contribution in [2.45, 2.75) is 11.1 Å². The van der Waals surface area contributed by atoms with Crippen molar-refractivity contribution in [3.8, 4) is 17.3 Å². The van der Waals surface area contributed by atoms with E-state index in [1.54, 1.807) is 6.20 Å². The molecule has 7 heteroatoms. The number of aromatic nitrogens is 3. The summed E-state index contributed by atoms with van der Waals surface area (Å²) in [5, 5.41) is 12.6. The Bertz CT molecular complexity index is 879. The van der Waals surface area contributed by atoms with Gasteiger partial charge in [-0.2, -0.15) is 5.26 Å². The molecule has 3 rings (SSSR count). The smallest absolute Gasteiger partial charge is 0.168 e. The summed E-state index contributed by atoms with van der Waals surface area (Å²) in [6, 6.07) is 11.8. The van der Waals surface area contributed by atoms with Crippen molar-refractivity contribution >= 4 is 28.9 Å². The van der Waals surface area contributed by atoms with Crippen LogP contribution in [0.4, 0.5) is 0 Å². The zero-order valence-corrected chi connectivity index (χ0v) is 14.5. The molecule has 5 nitrogen and oxygen atoms in total. The molecule has 0 unspecified atom stereocenters. The molecule has 1 atom stereocenters. The van der Waals surface area contributed by atoms with Crippen molar-refractivity contribution in [3.63, 3.8) is 0 Å². The van der Waals surface area contributed by atoms with Crippen LogP contribution in [0.3, 0.4) is 0 Å². The molecule has 0 spiro atoms. The standard InChI is InChI=1S/C17H14N4OS2/c1-21-8-7-19-17(21)24-11-15(22)13(9-18)16-20-14(10-23-16)12-5-3-2-4-6-12/h2-8,10,13H,11H2,1H3/t13-/m1/s1. The van der Waals surface area contributed by atoms with E-state index < -0.39 is 5.92 Å². The molecule has 0 bridgehead atoms. The molecule has 3 aromatic rings. The average molecular weight is 354 g/mol. The van der Waals surface area contributed by atoms with Crippen LogP contribution in [0.25, 0.3) is 11.3 Å². The molecule has 0 radical (unpaired) electrons. The first kappa shape index (κ1) is 16.4. The molecule has 0 saturated heterocycles. The van der Waals surface area contributed by atoms with Gasteiger partial charge in [-0.05, 0) is 0 Å². The maximum absolute atomic E-state index is 12.4. The fourth-order valence-corrected chi connectivity index (χ4v) is 3.87. The van der Waals surface area contributed by atoms with Gasteiger partial charge in [-0.1, -0.05) is 42.1 Å². The van der Waals surface area contributed by atoms with Gasteiger partial charge < -0.3 is 4.57 Å². The van der Waals surface area contributed by atoms with Crippen LogP contribution in [0, 0.1) is 11.3 Å². The lowest BCUT2D eigenvalue weighted by atomic mass is 10.1. The Kier molecular flexibility index (Phi) is 5.08. The lowest BCUT2D eigenvalue weighted by molar-refractivity contribution is -0.116.